The number of esters is 3. The molecule has 0 radical (unpaired) electrons. The SMILES string of the molecule is COC(=O)c1ccc2c3c(ccc(C=O)c13)Cc1ccc3c4c(ccc-2c14)C(=O)OC3=O. The zero-order chi connectivity index (χ0) is 22.1. The van der Waals surface area contributed by atoms with Gasteiger partial charge in [0, 0.05) is 16.3 Å². The molecule has 0 unspecified atom stereocenters. The topological polar surface area (TPSA) is 86.7 Å². The molecule has 0 amide bonds. The molecule has 0 saturated carbocycles. The maximum Gasteiger partial charge on any atom is 0.346 e. The van der Waals surface area contributed by atoms with Crippen molar-refractivity contribution in [2.45, 2.75) is 6.42 Å². The minimum absolute atomic E-state index is 0.314. The van der Waals surface area contributed by atoms with Crippen LogP contribution in [0, 0.1) is 0 Å². The zero-order valence-corrected chi connectivity index (χ0v) is 16.9. The number of hydrogen-bond acceptors (Lipinski definition) is 6. The maximum atomic E-state index is 12.5. The van der Waals surface area contributed by atoms with E-state index in [-0.39, 0.29) is 0 Å². The first-order valence-corrected chi connectivity index (χ1v) is 10.0. The van der Waals surface area contributed by atoms with Gasteiger partial charge in [0.1, 0.15) is 0 Å². The fourth-order valence-corrected chi connectivity index (χ4v) is 5.02. The van der Waals surface area contributed by atoms with E-state index in [0.717, 1.165) is 39.3 Å². The van der Waals surface area contributed by atoms with E-state index in [1.807, 2.05) is 24.3 Å². The highest BCUT2D eigenvalue weighted by atomic mass is 16.6. The van der Waals surface area contributed by atoms with Crippen LogP contribution in [0.25, 0.3) is 32.7 Å². The third-order valence-corrected chi connectivity index (χ3v) is 6.35. The predicted molar refractivity (Wildman–Crippen MR) is 116 cm³/mol. The van der Waals surface area contributed by atoms with E-state index in [4.69, 9.17) is 9.47 Å². The van der Waals surface area contributed by atoms with Crippen LogP contribution >= 0.6 is 0 Å². The molecule has 0 bridgehead atoms. The quantitative estimate of drug-likeness (QED) is 0.237. The van der Waals surface area contributed by atoms with E-state index in [1.54, 1.807) is 24.3 Å². The summed E-state index contributed by atoms with van der Waals surface area (Å²) in [5, 5.41) is 2.71. The van der Waals surface area contributed by atoms with Gasteiger partial charge in [-0.25, -0.2) is 14.4 Å². The van der Waals surface area contributed by atoms with E-state index in [9.17, 15) is 19.2 Å². The minimum atomic E-state index is -0.664. The van der Waals surface area contributed by atoms with E-state index >= 15 is 0 Å². The van der Waals surface area contributed by atoms with E-state index in [2.05, 4.69) is 0 Å². The minimum Gasteiger partial charge on any atom is -0.465 e. The van der Waals surface area contributed by atoms with Crippen molar-refractivity contribution >= 4 is 45.7 Å². The summed E-state index contributed by atoms with van der Waals surface area (Å²) in [7, 11) is 1.30. The van der Waals surface area contributed by atoms with Gasteiger partial charge < -0.3 is 9.47 Å². The number of aldehydes is 1. The second-order valence-corrected chi connectivity index (χ2v) is 7.87. The third kappa shape index (κ3) is 2.23. The zero-order valence-electron chi connectivity index (χ0n) is 16.9. The molecule has 32 heavy (non-hydrogen) atoms. The van der Waals surface area contributed by atoms with Crippen LogP contribution in [0.1, 0.15) is 52.6 Å². The van der Waals surface area contributed by atoms with Crippen LogP contribution in [0.5, 0.6) is 0 Å². The lowest BCUT2D eigenvalue weighted by Gasteiger charge is -2.19. The number of rotatable bonds is 2. The summed E-state index contributed by atoms with van der Waals surface area (Å²) >= 11 is 0. The van der Waals surface area contributed by atoms with Crippen molar-refractivity contribution in [3.63, 3.8) is 0 Å². The lowest BCUT2D eigenvalue weighted by atomic mass is 9.87. The second kappa shape index (κ2) is 6.34. The van der Waals surface area contributed by atoms with Gasteiger partial charge in [-0.05, 0) is 57.6 Å². The number of fused-ring (bicyclic) bond motifs is 1. The van der Waals surface area contributed by atoms with E-state index < -0.39 is 17.9 Å². The number of carbonyl (C=O) groups excluding carboxylic acids is 4. The smallest absolute Gasteiger partial charge is 0.346 e. The number of carbonyl (C=O) groups is 4. The molecule has 0 saturated heterocycles. The predicted octanol–water partition coefficient (Wildman–Crippen LogP) is 4.47. The third-order valence-electron chi connectivity index (χ3n) is 6.35. The Labute approximate surface area is 181 Å². The maximum absolute atomic E-state index is 12.5. The van der Waals surface area contributed by atoms with Crippen molar-refractivity contribution in [1.29, 1.82) is 0 Å². The highest BCUT2D eigenvalue weighted by Gasteiger charge is 2.31. The molecule has 6 heteroatoms. The highest BCUT2D eigenvalue weighted by Crippen LogP contribution is 2.45. The lowest BCUT2D eigenvalue weighted by Crippen LogP contribution is -2.20. The van der Waals surface area contributed by atoms with Crippen LogP contribution in [0.4, 0.5) is 0 Å². The van der Waals surface area contributed by atoms with Crippen molar-refractivity contribution in [3.05, 3.63) is 81.9 Å². The van der Waals surface area contributed by atoms with Crippen molar-refractivity contribution in [2.75, 3.05) is 7.11 Å². The van der Waals surface area contributed by atoms with Gasteiger partial charge in [0.15, 0.2) is 6.29 Å². The standard InChI is InChI=1S/C26H14O6/c1-31-24(28)17-8-6-15-16-7-9-19-23-18(25(29)32-26(19)30)5-4-13(21(16)23)10-12-2-3-14(11-27)22(17)20(12)15/h2-9,11H,10H2,1H3. The van der Waals surface area contributed by atoms with Crippen molar-refractivity contribution in [3.8, 4) is 11.1 Å². The van der Waals surface area contributed by atoms with E-state index in [0.29, 0.717) is 39.4 Å². The number of benzene rings is 4. The van der Waals surface area contributed by atoms with Gasteiger partial charge in [-0.15, -0.1) is 0 Å². The lowest BCUT2D eigenvalue weighted by molar-refractivity contribution is 0.0390. The second-order valence-electron chi connectivity index (χ2n) is 7.87. The van der Waals surface area contributed by atoms with Gasteiger partial charge in [-0.2, -0.15) is 0 Å². The highest BCUT2D eigenvalue weighted by molar-refractivity contribution is 6.25. The summed E-state index contributed by atoms with van der Waals surface area (Å²) in [6, 6.07) is 14.1. The molecule has 0 fully saturated rings. The molecule has 1 heterocycles. The van der Waals surface area contributed by atoms with Crippen LogP contribution < -0.4 is 0 Å². The van der Waals surface area contributed by atoms with Gasteiger partial charge in [0.25, 0.3) is 0 Å². The summed E-state index contributed by atoms with van der Waals surface area (Å²) in [6.07, 6.45) is 1.24. The van der Waals surface area contributed by atoms with Crippen molar-refractivity contribution in [1.82, 2.24) is 0 Å². The molecule has 6 nitrogen and oxygen atoms in total. The van der Waals surface area contributed by atoms with Gasteiger partial charge in [0.05, 0.1) is 23.8 Å². The van der Waals surface area contributed by atoms with Crippen molar-refractivity contribution < 1.29 is 28.7 Å². The Kier molecular flexibility index (Phi) is 3.66. The Balaban J connectivity index is 1.82. The Morgan fingerprint density at radius 2 is 1.34 bits per heavy atom. The summed E-state index contributed by atoms with van der Waals surface area (Å²) in [6.45, 7) is 0. The fraction of sp³-hybridized carbons (Fsp3) is 0.0769. The Hall–Kier alpha value is -4.32. The largest absolute Gasteiger partial charge is 0.465 e. The van der Waals surface area contributed by atoms with Crippen molar-refractivity contribution in [2.24, 2.45) is 0 Å². The van der Waals surface area contributed by atoms with Crippen LogP contribution in [-0.4, -0.2) is 31.3 Å². The summed E-state index contributed by atoms with van der Waals surface area (Å²) < 4.78 is 9.86. The van der Waals surface area contributed by atoms with Gasteiger partial charge in [0.2, 0.25) is 0 Å². The number of cyclic esters (lactones) is 2. The fourth-order valence-electron chi connectivity index (χ4n) is 5.02. The molecule has 4 aromatic rings. The number of hydrogen-bond donors (Lipinski definition) is 0. The molecular weight excluding hydrogens is 408 g/mol. The van der Waals surface area contributed by atoms with Crippen LogP contribution in [0.2, 0.25) is 0 Å². The Bertz CT molecular complexity index is 1560. The molecule has 2 aliphatic rings. The molecule has 0 spiro atoms. The Morgan fingerprint density at radius 3 is 2.00 bits per heavy atom. The molecule has 0 N–H and O–H groups in total. The van der Waals surface area contributed by atoms with Gasteiger partial charge in [-0.1, -0.05) is 30.3 Å². The first-order chi connectivity index (χ1) is 15.5. The first kappa shape index (κ1) is 18.4. The van der Waals surface area contributed by atoms with Gasteiger partial charge >= 0.3 is 17.9 Å². The first-order valence-electron chi connectivity index (χ1n) is 10.0. The molecule has 154 valence electrons. The average Bonchev–Trinajstić information content (AvgIpc) is 2.95. The molecule has 6 rings (SSSR count). The molecule has 1 aliphatic carbocycles. The average molecular weight is 422 g/mol. The normalized spacial score (nSPS) is 13.7. The van der Waals surface area contributed by atoms with Gasteiger partial charge in [-0.3, -0.25) is 4.79 Å². The van der Waals surface area contributed by atoms with Crippen LogP contribution in [-0.2, 0) is 15.9 Å². The van der Waals surface area contributed by atoms with Crippen LogP contribution in [0.15, 0.2) is 48.5 Å². The molecule has 4 aromatic carbocycles. The molecule has 0 aromatic heterocycles. The Morgan fingerprint density at radius 1 is 0.781 bits per heavy atom. The van der Waals surface area contributed by atoms with Crippen LogP contribution in [0.3, 0.4) is 0 Å². The number of ether oxygens (including phenoxy) is 2. The monoisotopic (exact) mass is 422 g/mol. The summed E-state index contributed by atoms with van der Waals surface area (Å²) in [4.78, 5) is 49.2. The number of methoxy groups -OCH3 is 1. The molecular formula is C26H14O6. The summed E-state index contributed by atoms with van der Waals surface area (Å²) in [5.41, 5.74) is 4.93. The molecule has 0 atom stereocenters. The molecule has 1 aliphatic heterocycles. The van der Waals surface area contributed by atoms with E-state index in [1.165, 1.54) is 7.11 Å². The summed E-state index contributed by atoms with van der Waals surface area (Å²) in [5.74, 6) is -1.85.